The van der Waals surface area contributed by atoms with Gasteiger partial charge in [-0.05, 0) is 48.7 Å². The summed E-state index contributed by atoms with van der Waals surface area (Å²) in [7, 11) is 0. The molecule has 6 heteroatoms. The fourth-order valence-electron chi connectivity index (χ4n) is 4.75. The van der Waals surface area contributed by atoms with E-state index in [0.717, 1.165) is 40.1 Å². The third-order valence-corrected chi connectivity index (χ3v) is 6.54. The van der Waals surface area contributed by atoms with Gasteiger partial charge in [-0.25, -0.2) is 4.98 Å². The lowest BCUT2D eigenvalue weighted by Crippen LogP contribution is -2.45. The second kappa shape index (κ2) is 9.14. The minimum Gasteiger partial charge on any atom is -0.327 e. The average Bonchev–Trinajstić information content (AvgIpc) is 3.25. The summed E-state index contributed by atoms with van der Waals surface area (Å²) in [4.78, 5) is 33.7. The summed E-state index contributed by atoms with van der Waals surface area (Å²) in [5.74, 6) is 0.552. The summed E-state index contributed by atoms with van der Waals surface area (Å²) < 4.78 is 1.96. The predicted molar refractivity (Wildman–Crippen MR) is 133 cm³/mol. The van der Waals surface area contributed by atoms with Crippen molar-refractivity contribution in [1.82, 2.24) is 14.5 Å². The van der Waals surface area contributed by atoms with Gasteiger partial charge in [0.15, 0.2) is 0 Å². The molecular weight excluding hydrogens is 424 g/mol. The SMILES string of the molecule is CCc1cccc(NC(=O)C[C@H]2C(=O)N(Cc3ccccc3)[C@H](C)c3nc4ccccc4n32)c1. The fourth-order valence-corrected chi connectivity index (χ4v) is 4.75. The normalized spacial score (nSPS) is 17.6. The van der Waals surface area contributed by atoms with Gasteiger partial charge >= 0.3 is 0 Å². The molecule has 0 saturated carbocycles. The van der Waals surface area contributed by atoms with E-state index in [9.17, 15) is 9.59 Å². The number of imidazole rings is 1. The quantitative estimate of drug-likeness (QED) is 0.433. The van der Waals surface area contributed by atoms with E-state index in [4.69, 9.17) is 4.98 Å². The minimum absolute atomic E-state index is 0.0422. The number of para-hydroxylation sites is 2. The number of amides is 2. The molecule has 0 saturated heterocycles. The second-order valence-corrected chi connectivity index (χ2v) is 8.78. The number of aryl methyl sites for hydroxylation is 1. The van der Waals surface area contributed by atoms with Crippen molar-refractivity contribution in [1.29, 1.82) is 0 Å². The van der Waals surface area contributed by atoms with Crippen molar-refractivity contribution in [3.05, 3.63) is 95.8 Å². The number of nitrogens with zero attached hydrogens (tertiary/aromatic N) is 3. The number of fused-ring (bicyclic) bond motifs is 3. The van der Waals surface area contributed by atoms with Crippen LogP contribution in [0.1, 0.15) is 49.3 Å². The third-order valence-electron chi connectivity index (χ3n) is 6.54. The molecule has 1 aliphatic heterocycles. The summed E-state index contributed by atoms with van der Waals surface area (Å²) in [6.45, 7) is 4.56. The molecule has 6 nitrogen and oxygen atoms in total. The zero-order valence-electron chi connectivity index (χ0n) is 19.4. The summed E-state index contributed by atoms with van der Waals surface area (Å²) in [5.41, 5.74) is 4.66. The summed E-state index contributed by atoms with van der Waals surface area (Å²) >= 11 is 0. The van der Waals surface area contributed by atoms with Crippen LogP contribution in [0.15, 0.2) is 78.9 Å². The summed E-state index contributed by atoms with van der Waals surface area (Å²) in [6.07, 6.45) is 0.933. The van der Waals surface area contributed by atoms with Crippen LogP contribution >= 0.6 is 0 Å². The summed E-state index contributed by atoms with van der Waals surface area (Å²) in [5, 5.41) is 2.99. The van der Waals surface area contributed by atoms with Crippen molar-refractivity contribution in [2.75, 3.05) is 5.32 Å². The molecule has 2 heterocycles. The first-order chi connectivity index (χ1) is 16.5. The molecule has 0 aliphatic carbocycles. The molecule has 1 N–H and O–H groups in total. The minimum atomic E-state index is -0.656. The van der Waals surface area contributed by atoms with Crippen LogP contribution in [0, 0.1) is 0 Å². The van der Waals surface area contributed by atoms with Crippen LogP contribution in [0.4, 0.5) is 5.69 Å². The van der Waals surface area contributed by atoms with Gasteiger partial charge < -0.3 is 14.8 Å². The maximum Gasteiger partial charge on any atom is 0.247 e. The van der Waals surface area contributed by atoms with Gasteiger partial charge in [-0.15, -0.1) is 0 Å². The van der Waals surface area contributed by atoms with Crippen LogP contribution in [-0.2, 0) is 22.6 Å². The first-order valence-electron chi connectivity index (χ1n) is 11.7. The van der Waals surface area contributed by atoms with Crippen LogP contribution in [0.5, 0.6) is 0 Å². The van der Waals surface area contributed by atoms with Gasteiger partial charge in [0.1, 0.15) is 11.9 Å². The van der Waals surface area contributed by atoms with Crippen LogP contribution in [0.2, 0.25) is 0 Å². The molecule has 3 aromatic carbocycles. The molecule has 5 rings (SSSR count). The second-order valence-electron chi connectivity index (χ2n) is 8.78. The molecule has 1 aliphatic rings. The van der Waals surface area contributed by atoms with Crippen LogP contribution < -0.4 is 5.32 Å². The Morgan fingerprint density at radius 2 is 1.71 bits per heavy atom. The molecule has 0 bridgehead atoms. The van der Waals surface area contributed by atoms with Crippen molar-refractivity contribution in [3.8, 4) is 0 Å². The Kier molecular flexibility index (Phi) is 5.88. The van der Waals surface area contributed by atoms with Crippen LogP contribution in [0.3, 0.4) is 0 Å². The molecule has 0 spiro atoms. The Hall–Kier alpha value is -3.93. The first kappa shape index (κ1) is 21.9. The number of carbonyl (C=O) groups excluding carboxylic acids is 2. The van der Waals surface area contributed by atoms with Gasteiger partial charge in [-0.3, -0.25) is 9.59 Å². The molecule has 4 aromatic rings. The Balaban J connectivity index is 1.49. The van der Waals surface area contributed by atoms with Crippen LogP contribution in [-0.4, -0.2) is 26.3 Å². The Morgan fingerprint density at radius 3 is 2.50 bits per heavy atom. The molecule has 172 valence electrons. The molecular formula is C28H28N4O2. The number of aromatic nitrogens is 2. The topological polar surface area (TPSA) is 67.2 Å². The number of benzene rings is 3. The number of hydrogen-bond acceptors (Lipinski definition) is 3. The predicted octanol–water partition coefficient (Wildman–Crippen LogP) is 5.27. The number of carbonyl (C=O) groups is 2. The van der Waals surface area contributed by atoms with Crippen molar-refractivity contribution in [2.45, 2.75) is 45.3 Å². The zero-order chi connectivity index (χ0) is 23.7. The maximum atomic E-state index is 13.8. The van der Waals surface area contributed by atoms with Gasteiger partial charge in [0, 0.05) is 12.2 Å². The highest BCUT2D eigenvalue weighted by Crippen LogP contribution is 2.37. The van der Waals surface area contributed by atoms with Gasteiger partial charge in [-0.1, -0.05) is 61.5 Å². The smallest absolute Gasteiger partial charge is 0.247 e. The number of hydrogen-bond donors (Lipinski definition) is 1. The largest absolute Gasteiger partial charge is 0.327 e. The number of nitrogens with one attached hydrogen (secondary N) is 1. The third kappa shape index (κ3) is 4.07. The Morgan fingerprint density at radius 1 is 0.971 bits per heavy atom. The van der Waals surface area contributed by atoms with Crippen molar-refractivity contribution in [2.24, 2.45) is 0 Å². The maximum absolute atomic E-state index is 13.8. The highest BCUT2D eigenvalue weighted by molar-refractivity contribution is 5.96. The van der Waals surface area contributed by atoms with E-state index >= 15 is 0 Å². The van der Waals surface area contributed by atoms with Crippen molar-refractivity contribution >= 4 is 28.5 Å². The van der Waals surface area contributed by atoms with Gasteiger partial charge in [0.25, 0.3) is 0 Å². The van der Waals surface area contributed by atoms with Gasteiger partial charge in [0.05, 0.1) is 23.5 Å². The highest BCUT2D eigenvalue weighted by atomic mass is 16.2. The monoisotopic (exact) mass is 452 g/mol. The number of rotatable bonds is 6. The Labute approximate surface area is 199 Å². The van der Waals surface area contributed by atoms with E-state index in [-0.39, 0.29) is 24.3 Å². The molecule has 34 heavy (non-hydrogen) atoms. The van der Waals surface area contributed by atoms with E-state index in [1.54, 1.807) is 0 Å². The van der Waals surface area contributed by atoms with Crippen LogP contribution in [0.25, 0.3) is 11.0 Å². The molecule has 0 unspecified atom stereocenters. The zero-order valence-corrected chi connectivity index (χ0v) is 19.4. The lowest BCUT2D eigenvalue weighted by molar-refractivity contribution is -0.142. The van der Waals surface area contributed by atoms with Gasteiger partial charge in [-0.2, -0.15) is 0 Å². The first-order valence-corrected chi connectivity index (χ1v) is 11.7. The van der Waals surface area contributed by atoms with E-state index in [0.29, 0.717) is 6.54 Å². The fraction of sp³-hybridized carbons (Fsp3) is 0.250. The molecule has 1 aromatic heterocycles. The average molecular weight is 453 g/mol. The van der Waals surface area contributed by atoms with E-state index < -0.39 is 6.04 Å². The van der Waals surface area contributed by atoms with Crippen molar-refractivity contribution in [3.63, 3.8) is 0 Å². The molecule has 0 fully saturated rings. The standard InChI is InChI=1S/C28H28N4O2/c1-3-20-12-9-13-22(16-20)29-26(33)17-25-28(34)31(18-21-10-5-4-6-11-21)19(2)27-30-23-14-7-8-15-24(23)32(25)27/h4-16,19,25H,3,17-18H2,1-2H3,(H,29,33)/t19-,25+/m1/s1. The van der Waals surface area contributed by atoms with Crippen molar-refractivity contribution < 1.29 is 9.59 Å². The lowest BCUT2D eigenvalue weighted by atomic mass is 10.0. The van der Waals surface area contributed by atoms with E-state index in [1.165, 1.54) is 0 Å². The summed E-state index contributed by atoms with van der Waals surface area (Å²) in [6, 6.07) is 24.7. The lowest BCUT2D eigenvalue weighted by Gasteiger charge is -2.38. The Bertz CT molecular complexity index is 1350. The molecule has 0 radical (unpaired) electrons. The molecule has 2 atom stereocenters. The molecule has 2 amide bonds. The van der Waals surface area contributed by atoms with Gasteiger partial charge in [0.2, 0.25) is 11.8 Å². The highest BCUT2D eigenvalue weighted by Gasteiger charge is 2.40. The van der Waals surface area contributed by atoms with E-state index in [1.807, 2.05) is 95.3 Å². The van der Waals surface area contributed by atoms with E-state index in [2.05, 4.69) is 12.2 Å². The number of anilines is 1.